The maximum Gasteiger partial charge on any atom is 0.193 e. The SMILES string of the molecule is Cc1cc(C(=O)c2cccc(C)c2C)ccc1F. The Labute approximate surface area is 106 Å². The summed E-state index contributed by atoms with van der Waals surface area (Å²) >= 11 is 0. The zero-order chi connectivity index (χ0) is 13.3. The molecule has 0 aliphatic rings. The van der Waals surface area contributed by atoms with E-state index in [4.69, 9.17) is 0 Å². The second-order valence-electron chi connectivity index (χ2n) is 4.54. The third-order valence-corrected chi connectivity index (χ3v) is 3.27. The molecular weight excluding hydrogens is 227 g/mol. The molecule has 2 aromatic rings. The Morgan fingerprint density at radius 2 is 1.72 bits per heavy atom. The van der Waals surface area contributed by atoms with Crippen LogP contribution in [0.1, 0.15) is 32.6 Å². The van der Waals surface area contributed by atoms with Crippen molar-refractivity contribution in [2.75, 3.05) is 0 Å². The summed E-state index contributed by atoms with van der Waals surface area (Å²) in [4.78, 5) is 12.4. The van der Waals surface area contributed by atoms with E-state index in [2.05, 4.69) is 0 Å². The highest BCUT2D eigenvalue weighted by Crippen LogP contribution is 2.18. The van der Waals surface area contributed by atoms with Gasteiger partial charge in [-0.3, -0.25) is 4.79 Å². The molecule has 2 heteroatoms. The molecule has 0 aromatic heterocycles. The summed E-state index contributed by atoms with van der Waals surface area (Å²) in [6, 6.07) is 10.1. The van der Waals surface area contributed by atoms with Gasteiger partial charge in [0.05, 0.1) is 0 Å². The lowest BCUT2D eigenvalue weighted by Gasteiger charge is -2.08. The zero-order valence-electron chi connectivity index (χ0n) is 10.8. The standard InChI is InChI=1S/C16H15FO/c1-10-5-4-6-14(12(10)3)16(18)13-7-8-15(17)11(2)9-13/h4-9H,1-3H3. The van der Waals surface area contributed by atoms with Gasteiger partial charge in [-0.25, -0.2) is 4.39 Å². The first-order valence-electron chi connectivity index (χ1n) is 5.88. The zero-order valence-corrected chi connectivity index (χ0v) is 10.8. The molecule has 0 bridgehead atoms. The summed E-state index contributed by atoms with van der Waals surface area (Å²) in [7, 11) is 0. The van der Waals surface area contributed by atoms with Gasteiger partial charge in [0.25, 0.3) is 0 Å². The normalized spacial score (nSPS) is 10.4. The van der Waals surface area contributed by atoms with Crippen molar-refractivity contribution in [2.24, 2.45) is 0 Å². The van der Waals surface area contributed by atoms with Crippen molar-refractivity contribution in [3.63, 3.8) is 0 Å². The molecule has 2 rings (SSSR count). The van der Waals surface area contributed by atoms with Crippen LogP contribution in [-0.4, -0.2) is 5.78 Å². The smallest absolute Gasteiger partial charge is 0.193 e. The molecule has 0 saturated carbocycles. The van der Waals surface area contributed by atoms with E-state index in [0.29, 0.717) is 16.7 Å². The van der Waals surface area contributed by atoms with Gasteiger partial charge in [0.2, 0.25) is 0 Å². The lowest BCUT2D eigenvalue weighted by molar-refractivity contribution is 0.103. The first-order valence-corrected chi connectivity index (χ1v) is 5.88. The van der Waals surface area contributed by atoms with Gasteiger partial charge in [-0.15, -0.1) is 0 Å². The van der Waals surface area contributed by atoms with Gasteiger partial charge in [0.15, 0.2) is 5.78 Å². The Morgan fingerprint density at radius 1 is 1.00 bits per heavy atom. The number of rotatable bonds is 2. The first kappa shape index (κ1) is 12.5. The predicted molar refractivity (Wildman–Crippen MR) is 70.5 cm³/mol. The van der Waals surface area contributed by atoms with E-state index < -0.39 is 0 Å². The Hall–Kier alpha value is -1.96. The molecule has 92 valence electrons. The third-order valence-electron chi connectivity index (χ3n) is 3.27. The molecule has 0 aliphatic carbocycles. The molecule has 18 heavy (non-hydrogen) atoms. The summed E-state index contributed by atoms with van der Waals surface area (Å²) < 4.78 is 13.2. The number of ketones is 1. The molecule has 0 unspecified atom stereocenters. The fourth-order valence-corrected chi connectivity index (χ4v) is 1.94. The van der Waals surface area contributed by atoms with Crippen molar-refractivity contribution in [1.29, 1.82) is 0 Å². The van der Waals surface area contributed by atoms with Crippen molar-refractivity contribution < 1.29 is 9.18 Å². The Morgan fingerprint density at radius 3 is 2.39 bits per heavy atom. The topological polar surface area (TPSA) is 17.1 Å². The van der Waals surface area contributed by atoms with Crippen molar-refractivity contribution in [3.05, 3.63) is 70.0 Å². The van der Waals surface area contributed by atoms with Crippen LogP contribution in [0.3, 0.4) is 0 Å². The maximum absolute atomic E-state index is 13.2. The van der Waals surface area contributed by atoms with Crippen LogP contribution < -0.4 is 0 Å². The highest BCUT2D eigenvalue weighted by atomic mass is 19.1. The molecule has 0 atom stereocenters. The first-order chi connectivity index (χ1) is 8.50. The Bertz CT molecular complexity index is 614. The van der Waals surface area contributed by atoms with Crippen LogP contribution in [0.25, 0.3) is 0 Å². The molecule has 2 aromatic carbocycles. The number of hydrogen-bond acceptors (Lipinski definition) is 1. The lowest BCUT2D eigenvalue weighted by Crippen LogP contribution is -2.05. The van der Waals surface area contributed by atoms with Gasteiger partial charge in [-0.2, -0.15) is 0 Å². The minimum absolute atomic E-state index is 0.0562. The summed E-state index contributed by atoms with van der Waals surface area (Å²) in [6.45, 7) is 5.57. The van der Waals surface area contributed by atoms with E-state index in [1.54, 1.807) is 13.0 Å². The van der Waals surface area contributed by atoms with E-state index in [1.807, 2.05) is 32.0 Å². The van der Waals surface area contributed by atoms with Crippen LogP contribution in [0.2, 0.25) is 0 Å². The molecule has 0 heterocycles. The summed E-state index contributed by atoms with van der Waals surface area (Å²) in [5.74, 6) is -0.341. The maximum atomic E-state index is 13.2. The molecule has 1 nitrogen and oxygen atoms in total. The molecule has 0 fully saturated rings. The largest absolute Gasteiger partial charge is 0.289 e. The number of benzene rings is 2. The molecule has 0 spiro atoms. The van der Waals surface area contributed by atoms with Gasteiger partial charge in [0.1, 0.15) is 5.82 Å². The molecule has 0 saturated heterocycles. The van der Waals surface area contributed by atoms with Gasteiger partial charge < -0.3 is 0 Å². The summed E-state index contributed by atoms with van der Waals surface area (Å²) in [6.07, 6.45) is 0. The lowest BCUT2D eigenvalue weighted by atomic mass is 9.95. The van der Waals surface area contributed by atoms with Crippen LogP contribution in [0.15, 0.2) is 36.4 Å². The van der Waals surface area contributed by atoms with Gasteiger partial charge in [0, 0.05) is 11.1 Å². The predicted octanol–water partition coefficient (Wildman–Crippen LogP) is 3.98. The molecule has 0 N–H and O–H groups in total. The second-order valence-corrected chi connectivity index (χ2v) is 4.54. The van der Waals surface area contributed by atoms with E-state index >= 15 is 0 Å². The monoisotopic (exact) mass is 242 g/mol. The Kier molecular flexibility index (Phi) is 3.28. The average Bonchev–Trinajstić information content (AvgIpc) is 2.35. The van der Waals surface area contributed by atoms with Crippen LogP contribution in [-0.2, 0) is 0 Å². The minimum atomic E-state index is -0.285. The highest BCUT2D eigenvalue weighted by molar-refractivity contribution is 6.10. The molecule has 0 aliphatic heterocycles. The molecule has 0 amide bonds. The van der Waals surface area contributed by atoms with Crippen molar-refractivity contribution in [1.82, 2.24) is 0 Å². The fourth-order valence-electron chi connectivity index (χ4n) is 1.94. The van der Waals surface area contributed by atoms with E-state index in [-0.39, 0.29) is 11.6 Å². The second kappa shape index (κ2) is 4.73. The molecular formula is C16H15FO. The fraction of sp³-hybridized carbons (Fsp3) is 0.188. The van der Waals surface area contributed by atoms with Crippen LogP contribution >= 0.6 is 0 Å². The van der Waals surface area contributed by atoms with Gasteiger partial charge in [-0.05, 0) is 55.7 Å². The van der Waals surface area contributed by atoms with Crippen molar-refractivity contribution in [3.8, 4) is 0 Å². The number of halogens is 1. The van der Waals surface area contributed by atoms with E-state index in [1.165, 1.54) is 12.1 Å². The number of carbonyl (C=O) groups is 1. The van der Waals surface area contributed by atoms with E-state index in [0.717, 1.165) is 11.1 Å². The summed E-state index contributed by atoms with van der Waals surface area (Å²) in [5.41, 5.74) is 3.76. The minimum Gasteiger partial charge on any atom is -0.289 e. The van der Waals surface area contributed by atoms with Gasteiger partial charge >= 0.3 is 0 Å². The van der Waals surface area contributed by atoms with Gasteiger partial charge in [-0.1, -0.05) is 18.2 Å². The molecule has 0 radical (unpaired) electrons. The van der Waals surface area contributed by atoms with Crippen molar-refractivity contribution in [2.45, 2.75) is 20.8 Å². The summed E-state index contributed by atoms with van der Waals surface area (Å²) in [5, 5.41) is 0. The van der Waals surface area contributed by atoms with Crippen LogP contribution in [0, 0.1) is 26.6 Å². The average molecular weight is 242 g/mol. The Balaban J connectivity index is 2.48. The quantitative estimate of drug-likeness (QED) is 0.728. The van der Waals surface area contributed by atoms with Crippen LogP contribution in [0.4, 0.5) is 4.39 Å². The van der Waals surface area contributed by atoms with Crippen molar-refractivity contribution >= 4 is 5.78 Å². The number of carbonyl (C=O) groups excluding carboxylic acids is 1. The number of aryl methyl sites for hydroxylation is 2. The number of hydrogen-bond donors (Lipinski definition) is 0. The third kappa shape index (κ3) is 2.19. The highest BCUT2D eigenvalue weighted by Gasteiger charge is 2.13. The van der Waals surface area contributed by atoms with E-state index in [9.17, 15) is 9.18 Å². The van der Waals surface area contributed by atoms with Crippen LogP contribution in [0.5, 0.6) is 0 Å².